The minimum absolute atomic E-state index is 0.238. The van der Waals surface area contributed by atoms with E-state index in [1.165, 1.54) is 4.31 Å². The molecule has 1 fully saturated rings. The first-order chi connectivity index (χ1) is 13.5. The van der Waals surface area contributed by atoms with Crippen molar-refractivity contribution in [2.75, 3.05) is 39.9 Å². The van der Waals surface area contributed by atoms with Crippen molar-refractivity contribution in [2.24, 2.45) is 0 Å². The Bertz CT molecular complexity index is 908. The van der Waals surface area contributed by atoms with Gasteiger partial charge in [0.1, 0.15) is 5.52 Å². The molecule has 1 aliphatic rings. The number of fused-ring (bicyclic) bond motifs is 1. The molecule has 2 N–H and O–H groups in total. The number of hydrogen-bond donors (Lipinski definition) is 2. The number of hydrogen-bond acceptors (Lipinski definition) is 6. The SMILES string of the molecule is COCCCNC(=O)NCCn1nnc2cc(S(=O)(=O)N3CCCC3)ccc21. The molecule has 11 heteroatoms. The molecule has 154 valence electrons. The highest BCUT2D eigenvalue weighted by atomic mass is 32.2. The van der Waals surface area contributed by atoms with Crippen LogP contribution in [0.4, 0.5) is 4.79 Å². The molecule has 1 aliphatic heterocycles. The van der Waals surface area contributed by atoms with E-state index in [-0.39, 0.29) is 10.9 Å². The highest BCUT2D eigenvalue weighted by molar-refractivity contribution is 7.89. The molecule has 0 aliphatic carbocycles. The Morgan fingerprint density at radius 2 is 1.96 bits per heavy atom. The van der Waals surface area contributed by atoms with Gasteiger partial charge in [-0.2, -0.15) is 4.31 Å². The number of ether oxygens (including phenoxy) is 1. The quantitative estimate of drug-likeness (QED) is 0.583. The summed E-state index contributed by atoms with van der Waals surface area (Å²) >= 11 is 0. The summed E-state index contributed by atoms with van der Waals surface area (Å²) in [4.78, 5) is 11.9. The molecule has 0 saturated carbocycles. The first kappa shape index (κ1) is 20.5. The topological polar surface area (TPSA) is 118 Å². The summed E-state index contributed by atoms with van der Waals surface area (Å²) in [6.07, 6.45) is 2.54. The maximum Gasteiger partial charge on any atom is 0.314 e. The number of sulfonamides is 1. The number of benzene rings is 1. The maximum atomic E-state index is 12.7. The number of aromatic nitrogens is 3. The van der Waals surface area contributed by atoms with Crippen LogP contribution in [0.25, 0.3) is 11.0 Å². The van der Waals surface area contributed by atoms with Crippen molar-refractivity contribution in [3.63, 3.8) is 0 Å². The molecule has 0 radical (unpaired) electrons. The average molecular weight is 411 g/mol. The number of methoxy groups -OCH3 is 1. The van der Waals surface area contributed by atoms with Crippen LogP contribution >= 0.6 is 0 Å². The van der Waals surface area contributed by atoms with Crippen LogP contribution in [0.5, 0.6) is 0 Å². The van der Waals surface area contributed by atoms with Crippen molar-refractivity contribution in [3.05, 3.63) is 18.2 Å². The average Bonchev–Trinajstić information content (AvgIpc) is 3.35. The van der Waals surface area contributed by atoms with E-state index in [1.54, 1.807) is 30.0 Å². The Morgan fingerprint density at radius 1 is 1.21 bits per heavy atom. The van der Waals surface area contributed by atoms with E-state index in [9.17, 15) is 13.2 Å². The van der Waals surface area contributed by atoms with Crippen LogP contribution in [0.15, 0.2) is 23.1 Å². The standard InChI is InChI=1S/C17H26N6O4S/c1-27-12-4-7-18-17(24)19-8-11-23-16-6-5-14(13-15(16)20-21-23)28(25,26)22-9-2-3-10-22/h5-6,13H,2-4,7-12H2,1H3,(H2,18,19,24). The van der Waals surface area contributed by atoms with Crippen molar-refractivity contribution in [2.45, 2.75) is 30.7 Å². The van der Waals surface area contributed by atoms with Gasteiger partial charge < -0.3 is 15.4 Å². The zero-order valence-electron chi connectivity index (χ0n) is 15.9. The second kappa shape index (κ2) is 9.30. The molecule has 3 rings (SSSR count). The van der Waals surface area contributed by atoms with E-state index in [4.69, 9.17) is 4.74 Å². The molecule has 0 unspecified atom stereocenters. The van der Waals surface area contributed by atoms with Crippen molar-refractivity contribution in [1.29, 1.82) is 0 Å². The summed E-state index contributed by atoms with van der Waals surface area (Å²) in [5, 5.41) is 13.6. The fraction of sp³-hybridized carbons (Fsp3) is 0.588. The summed E-state index contributed by atoms with van der Waals surface area (Å²) in [6.45, 7) is 3.07. The Balaban J connectivity index is 1.58. The number of carbonyl (C=O) groups excluding carboxylic acids is 1. The molecule has 2 aromatic rings. The molecule has 0 spiro atoms. The molecule has 2 heterocycles. The zero-order chi connectivity index (χ0) is 20.0. The lowest BCUT2D eigenvalue weighted by Gasteiger charge is -2.15. The Kier molecular flexibility index (Phi) is 6.81. The van der Waals surface area contributed by atoms with Crippen molar-refractivity contribution >= 4 is 27.1 Å². The van der Waals surface area contributed by atoms with Gasteiger partial charge in [-0.25, -0.2) is 17.9 Å². The molecule has 1 aromatic carbocycles. The third-order valence-electron chi connectivity index (χ3n) is 4.61. The first-order valence-electron chi connectivity index (χ1n) is 9.36. The third kappa shape index (κ3) is 4.78. The van der Waals surface area contributed by atoms with Gasteiger partial charge in [-0.3, -0.25) is 0 Å². The van der Waals surface area contributed by atoms with Gasteiger partial charge in [-0.15, -0.1) is 5.10 Å². The fourth-order valence-electron chi connectivity index (χ4n) is 3.11. The van der Waals surface area contributed by atoms with Crippen LogP contribution in [-0.2, 0) is 21.3 Å². The van der Waals surface area contributed by atoms with Gasteiger partial charge in [0.25, 0.3) is 0 Å². The van der Waals surface area contributed by atoms with E-state index < -0.39 is 10.0 Å². The minimum atomic E-state index is -3.48. The summed E-state index contributed by atoms with van der Waals surface area (Å²) in [6, 6.07) is 4.61. The molecule has 0 atom stereocenters. The molecule has 2 amide bonds. The highest BCUT2D eigenvalue weighted by Crippen LogP contribution is 2.23. The smallest absolute Gasteiger partial charge is 0.314 e. The van der Waals surface area contributed by atoms with Gasteiger partial charge in [0.15, 0.2) is 0 Å². The predicted octanol–water partition coefficient (Wildman–Crippen LogP) is 0.552. The number of nitrogens with zero attached hydrogens (tertiary/aromatic N) is 4. The largest absolute Gasteiger partial charge is 0.385 e. The van der Waals surface area contributed by atoms with Crippen LogP contribution in [0, 0.1) is 0 Å². The second-order valence-corrected chi connectivity index (χ2v) is 8.54. The van der Waals surface area contributed by atoms with E-state index >= 15 is 0 Å². The molecular weight excluding hydrogens is 384 g/mol. The van der Waals surface area contributed by atoms with E-state index in [2.05, 4.69) is 20.9 Å². The number of amides is 2. The number of urea groups is 1. The number of rotatable bonds is 9. The van der Waals surface area contributed by atoms with E-state index in [0.29, 0.717) is 44.8 Å². The van der Waals surface area contributed by atoms with Gasteiger partial charge >= 0.3 is 6.03 Å². The van der Waals surface area contributed by atoms with Gasteiger partial charge in [0.05, 0.1) is 17.0 Å². The van der Waals surface area contributed by atoms with Crippen molar-refractivity contribution < 1.29 is 17.9 Å². The summed E-state index contributed by atoms with van der Waals surface area (Å²) in [5.74, 6) is 0. The van der Waals surface area contributed by atoms with Gasteiger partial charge in [-0.05, 0) is 37.5 Å². The summed E-state index contributed by atoms with van der Waals surface area (Å²) in [5.41, 5.74) is 1.24. The molecular formula is C17H26N6O4S. The molecule has 1 aromatic heterocycles. The first-order valence-corrected chi connectivity index (χ1v) is 10.8. The van der Waals surface area contributed by atoms with Crippen LogP contribution in [0.3, 0.4) is 0 Å². The van der Waals surface area contributed by atoms with E-state index in [0.717, 1.165) is 24.8 Å². The monoisotopic (exact) mass is 410 g/mol. The second-order valence-electron chi connectivity index (χ2n) is 6.60. The van der Waals surface area contributed by atoms with Crippen LogP contribution < -0.4 is 10.6 Å². The summed E-state index contributed by atoms with van der Waals surface area (Å²) in [7, 11) is -1.86. The summed E-state index contributed by atoms with van der Waals surface area (Å²) < 4.78 is 33.4. The van der Waals surface area contributed by atoms with Gasteiger partial charge in [0, 0.05) is 39.9 Å². The highest BCUT2D eigenvalue weighted by Gasteiger charge is 2.27. The van der Waals surface area contributed by atoms with Crippen molar-refractivity contribution in [3.8, 4) is 0 Å². The Labute approximate surface area is 164 Å². The normalized spacial score (nSPS) is 15.2. The minimum Gasteiger partial charge on any atom is -0.385 e. The zero-order valence-corrected chi connectivity index (χ0v) is 16.7. The van der Waals surface area contributed by atoms with Gasteiger partial charge in [0.2, 0.25) is 10.0 Å². The molecule has 0 bridgehead atoms. The van der Waals surface area contributed by atoms with Crippen LogP contribution in [-0.4, -0.2) is 73.6 Å². The molecule has 1 saturated heterocycles. The molecule has 10 nitrogen and oxygen atoms in total. The Hall–Kier alpha value is -2.24. The number of nitrogens with one attached hydrogen (secondary N) is 2. The predicted molar refractivity (Wildman–Crippen MR) is 103 cm³/mol. The maximum absolute atomic E-state index is 12.7. The number of carbonyl (C=O) groups is 1. The van der Waals surface area contributed by atoms with Crippen molar-refractivity contribution in [1.82, 2.24) is 29.9 Å². The lowest BCUT2D eigenvalue weighted by atomic mass is 10.3. The van der Waals surface area contributed by atoms with Crippen LogP contribution in [0.1, 0.15) is 19.3 Å². The van der Waals surface area contributed by atoms with E-state index in [1.807, 2.05) is 0 Å². The Morgan fingerprint density at radius 3 is 2.71 bits per heavy atom. The fourth-order valence-corrected chi connectivity index (χ4v) is 4.65. The lowest BCUT2D eigenvalue weighted by Crippen LogP contribution is -2.38. The van der Waals surface area contributed by atoms with Crippen LogP contribution in [0.2, 0.25) is 0 Å². The third-order valence-corrected chi connectivity index (χ3v) is 6.50. The lowest BCUT2D eigenvalue weighted by molar-refractivity contribution is 0.193. The molecule has 28 heavy (non-hydrogen) atoms. The van der Waals surface area contributed by atoms with Gasteiger partial charge in [-0.1, -0.05) is 5.21 Å².